The average molecular weight is 260 g/mol. The van der Waals surface area contributed by atoms with Crippen LogP contribution in [0, 0.1) is 0 Å². The second-order valence-electron chi connectivity index (χ2n) is 3.94. The van der Waals surface area contributed by atoms with Gasteiger partial charge in [-0.25, -0.2) is 4.79 Å². The molecule has 0 atom stereocenters. The van der Waals surface area contributed by atoms with Crippen molar-refractivity contribution >= 4 is 5.97 Å². The SMILES string of the molecule is O=C(O)c1cc(O)c2c(c1)Oc1cccc(O)c1O2. The molecule has 1 heterocycles. The van der Waals surface area contributed by atoms with Gasteiger partial charge in [-0.05, 0) is 24.3 Å². The lowest BCUT2D eigenvalue weighted by Crippen LogP contribution is -2.02. The van der Waals surface area contributed by atoms with Crippen LogP contribution in [-0.4, -0.2) is 21.3 Å². The number of hydrogen-bond donors (Lipinski definition) is 3. The van der Waals surface area contributed by atoms with E-state index < -0.39 is 5.97 Å². The van der Waals surface area contributed by atoms with Gasteiger partial charge in [-0.3, -0.25) is 0 Å². The highest BCUT2D eigenvalue weighted by Gasteiger charge is 2.26. The fraction of sp³-hybridized carbons (Fsp3) is 0. The minimum Gasteiger partial charge on any atom is -0.504 e. The Hall–Kier alpha value is -2.89. The van der Waals surface area contributed by atoms with Crippen LogP contribution in [0.5, 0.6) is 34.5 Å². The number of benzene rings is 2. The molecule has 1 aliphatic heterocycles. The first-order valence-electron chi connectivity index (χ1n) is 5.34. The van der Waals surface area contributed by atoms with Gasteiger partial charge < -0.3 is 24.8 Å². The van der Waals surface area contributed by atoms with Gasteiger partial charge in [-0.1, -0.05) is 6.07 Å². The largest absolute Gasteiger partial charge is 0.504 e. The first-order chi connectivity index (χ1) is 9.06. The second-order valence-corrected chi connectivity index (χ2v) is 3.94. The van der Waals surface area contributed by atoms with E-state index in [0.717, 1.165) is 6.07 Å². The summed E-state index contributed by atoms with van der Waals surface area (Å²) < 4.78 is 10.8. The number of phenolic OH excluding ortho intramolecular Hbond substituents is 2. The highest BCUT2D eigenvalue weighted by molar-refractivity contribution is 5.89. The summed E-state index contributed by atoms with van der Waals surface area (Å²) in [7, 11) is 0. The van der Waals surface area contributed by atoms with Gasteiger partial charge in [0.05, 0.1) is 5.56 Å². The van der Waals surface area contributed by atoms with Crippen LogP contribution < -0.4 is 9.47 Å². The van der Waals surface area contributed by atoms with Crippen LogP contribution in [0.25, 0.3) is 0 Å². The highest BCUT2D eigenvalue weighted by Crippen LogP contribution is 2.52. The number of para-hydroxylation sites is 1. The Balaban J connectivity index is 2.15. The number of carboxylic acid groups (broad SMARTS) is 1. The molecule has 0 saturated carbocycles. The molecule has 3 N–H and O–H groups in total. The number of hydrogen-bond acceptors (Lipinski definition) is 5. The number of aromatic carboxylic acids is 1. The summed E-state index contributed by atoms with van der Waals surface area (Å²) in [5.74, 6) is -1.32. The Morgan fingerprint density at radius 2 is 1.68 bits per heavy atom. The molecule has 0 aromatic heterocycles. The molecule has 19 heavy (non-hydrogen) atoms. The quantitative estimate of drug-likeness (QED) is 0.622. The third kappa shape index (κ3) is 1.70. The maximum absolute atomic E-state index is 10.9. The van der Waals surface area contributed by atoms with Gasteiger partial charge in [0.2, 0.25) is 11.5 Å². The van der Waals surface area contributed by atoms with Crippen LogP contribution >= 0.6 is 0 Å². The van der Waals surface area contributed by atoms with Gasteiger partial charge in [0, 0.05) is 0 Å². The molecule has 0 spiro atoms. The molecule has 0 amide bonds. The second kappa shape index (κ2) is 3.81. The van der Waals surface area contributed by atoms with E-state index in [1.165, 1.54) is 12.1 Å². The number of phenols is 2. The van der Waals surface area contributed by atoms with Crippen molar-refractivity contribution in [2.45, 2.75) is 0 Å². The first kappa shape index (κ1) is 11.2. The summed E-state index contributed by atoms with van der Waals surface area (Å²) in [6.45, 7) is 0. The van der Waals surface area contributed by atoms with Gasteiger partial charge in [0.25, 0.3) is 0 Å². The number of aromatic hydroxyl groups is 2. The lowest BCUT2D eigenvalue weighted by molar-refractivity contribution is 0.0696. The van der Waals surface area contributed by atoms with E-state index in [9.17, 15) is 15.0 Å². The Bertz CT molecular complexity index is 692. The van der Waals surface area contributed by atoms with Crippen LogP contribution in [0.15, 0.2) is 30.3 Å². The van der Waals surface area contributed by atoms with E-state index in [1.807, 2.05) is 0 Å². The van der Waals surface area contributed by atoms with Crippen molar-refractivity contribution in [2.75, 3.05) is 0 Å². The van der Waals surface area contributed by atoms with Gasteiger partial charge in [0.15, 0.2) is 23.0 Å². The number of carbonyl (C=O) groups is 1. The van der Waals surface area contributed by atoms with Gasteiger partial charge in [0.1, 0.15) is 0 Å². The van der Waals surface area contributed by atoms with Gasteiger partial charge >= 0.3 is 5.97 Å². The molecule has 2 aromatic carbocycles. The Morgan fingerprint density at radius 3 is 2.42 bits per heavy atom. The third-order valence-corrected chi connectivity index (χ3v) is 2.66. The molecule has 96 valence electrons. The van der Waals surface area contributed by atoms with Crippen molar-refractivity contribution in [1.29, 1.82) is 0 Å². The average Bonchev–Trinajstić information content (AvgIpc) is 2.37. The number of carboxylic acids is 1. The molecule has 0 saturated heterocycles. The summed E-state index contributed by atoms with van der Waals surface area (Å²) in [6, 6.07) is 6.82. The Kier molecular flexibility index (Phi) is 2.25. The predicted molar refractivity (Wildman–Crippen MR) is 63.3 cm³/mol. The maximum Gasteiger partial charge on any atom is 0.335 e. The normalized spacial score (nSPS) is 11.8. The summed E-state index contributed by atoms with van der Waals surface area (Å²) in [5, 5.41) is 28.3. The van der Waals surface area contributed by atoms with Crippen molar-refractivity contribution in [3.05, 3.63) is 35.9 Å². The predicted octanol–water partition coefficient (Wildman–Crippen LogP) is 2.69. The lowest BCUT2D eigenvalue weighted by atomic mass is 10.1. The Labute approximate surface area is 107 Å². The van der Waals surface area contributed by atoms with Crippen LogP contribution in [-0.2, 0) is 0 Å². The maximum atomic E-state index is 10.9. The minimum absolute atomic E-state index is 0.0287. The standard InChI is InChI=1S/C13H8O6/c14-7-2-1-3-9-11(7)19-12-8(15)4-6(13(16)17)5-10(12)18-9/h1-5,14-15H,(H,16,17). The van der Waals surface area contributed by atoms with E-state index in [2.05, 4.69) is 0 Å². The zero-order valence-electron chi connectivity index (χ0n) is 9.45. The monoisotopic (exact) mass is 260 g/mol. The van der Waals surface area contributed by atoms with Gasteiger partial charge in [-0.15, -0.1) is 0 Å². The smallest absolute Gasteiger partial charge is 0.335 e. The van der Waals surface area contributed by atoms with E-state index in [1.54, 1.807) is 12.1 Å². The zero-order valence-corrected chi connectivity index (χ0v) is 9.45. The summed E-state index contributed by atoms with van der Waals surface area (Å²) in [4.78, 5) is 10.9. The molecule has 1 aliphatic rings. The highest BCUT2D eigenvalue weighted by atomic mass is 16.6. The molecule has 6 heteroatoms. The van der Waals surface area contributed by atoms with Crippen molar-refractivity contribution in [3.63, 3.8) is 0 Å². The summed E-state index contributed by atoms with van der Waals surface area (Å²) in [5.41, 5.74) is -0.122. The van der Waals surface area contributed by atoms with Crippen molar-refractivity contribution < 1.29 is 29.6 Å². The third-order valence-electron chi connectivity index (χ3n) is 2.66. The zero-order chi connectivity index (χ0) is 13.6. The fourth-order valence-corrected chi connectivity index (χ4v) is 1.80. The molecule has 0 aliphatic carbocycles. The molecular formula is C13H8O6. The number of rotatable bonds is 1. The van der Waals surface area contributed by atoms with Crippen molar-refractivity contribution in [3.8, 4) is 34.5 Å². The first-order valence-corrected chi connectivity index (χ1v) is 5.34. The molecule has 0 fully saturated rings. The van der Waals surface area contributed by atoms with Crippen LogP contribution in [0.1, 0.15) is 10.4 Å². The lowest BCUT2D eigenvalue weighted by Gasteiger charge is -2.22. The van der Waals surface area contributed by atoms with Crippen LogP contribution in [0.2, 0.25) is 0 Å². The van der Waals surface area contributed by atoms with E-state index in [4.69, 9.17) is 14.6 Å². The van der Waals surface area contributed by atoms with E-state index in [-0.39, 0.29) is 40.1 Å². The molecule has 2 aromatic rings. The van der Waals surface area contributed by atoms with Crippen LogP contribution in [0.4, 0.5) is 0 Å². The van der Waals surface area contributed by atoms with Crippen LogP contribution in [0.3, 0.4) is 0 Å². The Morgan fingerprint density at radius 1 is 0.947 bits per heavy atom. The molecule has 3 rings (SSSR count). The molecule has 0 unspecified atom stereocenters. The minimum atomic E-state index is -1.19. The van der Waals surface area contributed by atoms with E-state index in [0.29, 0.717) is 0 Å². The molecule has 6 nitrogen and oxygen atoms in total. The molecule has 0 bridgehead atoms. The summed E-state index contributed by atoms with van der Waals surface area (Å²) in [6.07, 6.45) is 0. The topological polar surface area (TPSA) is 96.2 Å². The number of fused-ring (bicyclic) bond motifs is 2. The van der Waals surface area contributed by atoms with E-state index >= 15 is 0 Å². The number of ether oxygens (including phenoxy) is 2. The van der Waals surface area contributed by atoms with Crippen molar-refractivity contribution in [1.82, 2.24) is 0 Å². The fourth-order valence-electron chi connectivity index (χ4n) is 1.80. The van der Waals surface area contributed by atoms with Crippen molar-refractivity contribution in [2.24, 2.45) is 0 Å². The molecule has 0 radical (unpaired) electrons. The molecular weight excluding hydrogens is 252 g/mol. The summed E-state index contributed by atoms with van der Waals surface area (Å²) >= 11 is 0. The van der Waals surface area contributed by atoms with Gasteiger partial charge in [-0.2, -0.15) is 0 Å².